The first kappa shape index (κ1) is 14.1. The normalized spacial score (nSPS) is 15.0. The smallest absolute Gasteiger partial charge is 0.229 e. The molecule has 21 heavy (non-hydrogen) atoms. The van der Waals surface area contributed by atoms with Crippen LogP contribution in [0.15, 0.2) is 16.8 Å². The van der Waals surface area contributed by atoms with Crippen molar-refractivity contribution in [2.24, 2.45) is 0 Å². The van der Waals surface area contributed by atoms with Crippen molar-refractivity contribution in [1.29, 1.82) is 0 Å². The van der Waals surface area contributed by atoms with Crippen molar-refractivity contribution < 1.29 is 4.42 Å². The van der Waals surface area contributed by atoms with Gasteiger partial charge in [0, 0.05) is 11.7 Å². The summed E-state index contributed by atoms with van der Waals surface area (Å²) in [4.78, 5) is 13.2. The van der Waals surface area contributed by atoms with Gasteiger partial charge in [-0.3, -0.25) is 0 Å². The van der Waals surface area contributed by atoms with Crippen molar-refractivity contribution in [2.45, 2.75) is 39.2 Å². The number of furan rings is 1. The van der Waals surface area contributed by atoms with Gasteiger partial charge in [-0.05, 0) is 44.7 Å². The fourth-order valence-electron chi connectivity index (χ4n) is 2.76. The van der Waals surface area contributed by atoms with E-state index in [1.165, 1.54) is 19.3 Å². The molecule has 0 atom stereocenters. The van der Waals surface area contributed by atoms with E-state index in [1.807, 2.05) is 6.92 Å². The molecule has 1 aliphatic carbocycles. The molecule has 0 aromatic carbocycles. The number of nitrogens with zero attached hydrogens (tertiary/aromatic N) is 3. The maximum atomic E-state index is 5.92. The third-order valence-electron chi connectivity index (χ3n) is 4.00. The topological polar surface area (TPSA) is 63.8 Å². The summed E-state index contributed by atoms with van der Waals surface area (Å²) in [5.41, 5.74) is 4.31. The number of hydrogen-bond donors (Lipinski definition) is 1. The molecule has 1 saturated carbocycles. The minimum absolute atomic E-state index is 0. The standard InChI is InChI=1S/C15H16N4O.ClH/c1-8-6-9(2)18-15-11(8)12-13(20-15)14(17-7-16-12)19-10-4-3-5-10;/h6-7,10H,3-5H2,1-2H3,(H,16,17,19);1H. The van der Waals surface area contributed by atoms with E-state index in [2.05, 4.69) is 33.3 Å². The maximum absolute atomic E-state index is 5.92. The quantitative estimate of drug-likeness (QED) is 0.780. The molecule has 0 bridgehead atoms. The van der Waals surface area contributed by atoms with Crippen molar-refractivity contribution in [3.05, 3.63) is 23.7 Å². The second-order valence-corrected chi connectivity index (χ2v) is 5.53. The Kier molecular flexibility index (Phi) is 3.45. The Morgan fingerprint density at radius 3 is 2.76 bits per heavy atom. The summed E-state index contributed by atoms with van der Waals surface area (Å²) in [5.74, 6) is 0.787. The average molecular weight is 305 g/mol. The molecule has 0 amide bonds. The van der Waals surface area contributed by atoms with Crippen LogP contribution in [0.2, 0.25) is 0 Å². The summed E-state index contributed by atoms with van der Waals surface area (Å²) in [6.07, 6.45) is 5.27. The monoisotopic (exact) mass is 304 g/mol. The molecule has 0 aliphatic heterocycles. The maximum Gasteiger partial charge on any atom is 0.229 e. The Labute approximate surface area is 128 Å². The van der Waals surface area contributed by atoms with Crippen LogP contribution in [-0.4, -0.2) is 21.0 Å². The molecule has 5 nitrogen and oxygen atoms in total. The predicted octanol–water partition coefficient (Wildman–Crippen LogP) is 3.77. The summed E-state index contributed by atoms with van der Waals surface area (Å²) in [5, 5.41) is 4.43. The number of aromatic nitrogens is 3. The Morgan fingerprint density at radius 2 is 2.05 bits per heavy atom. The van der Waals surface area contributed by atoms with Gasteiger partial charge in [0.15, 0.2) is 11.4 Å². The minimum Gasteiger partial charge on any atom is -0.432 e. The molecule has 3 heterocycles. The van der Waals surface area contributed by atoms with Crippen LogP contribution in [0.1, 0.15) is 30.5 Å². The van der Waals surface area contributed by atoms with Gasteiger partial charge in [0.2, 0.25) is 5.71 Å². The van der Waals surface area contributed by atoms with Gasteiger partial charge >= 0.3 is 0 Å². The molecule has 6 heteroatoms. The van der Waals surface area contributed by atoms with Crippen LogP contribution in [0.4, 0.5) is 5.82 Å². The first-order valence-corrected chi connectivity index (χ1v) is 7.00. The highest BCUT2D eigenvalue weighted by Gasteiger charge is 2.21. The lowest BCUT2D eigenvalue weighted by Crippen LogP contribution is -2.27. The van der Waals surface area contributed by atoms with Crippen LogP contribution in [-0.2, 0) is 0 Å². The van der Waals surface area contributed by atoms with Crippen LogP contribution in [0.5, 0.6) is 0 Å². The Balaban J connectivity index is 0.00000132. The van der Waals surface area contributed by atoms with Crippen LogP contribution in [0.3, 0.4) is 0 Å². The molecule has 1 aliphatic rings. The van der Waals surface area contributed by atoms with E-state index in [-0.39, 0.29) is 12.4 Å². The van der Waals surface area contributed by atoms with Crippen molar-refractivity contribution in [2.75, 3.05) is 5.32 Å². The van der Waals surface area contributed by atoms with Gasteiger partial charge < -0.3 is 9.73 Å². The molecule has 3 aromatic rings. The molecule has 4 rings (SSSR count). The number of aryl methyl sites for hydroxylation is 2. The van der Waals surface area contributed by atoms with Gasteiger partial charge in [0.25, 0.3) is 0 Å². The third-order valence-corrected chi connectivity index (χ3v) is 4.00. The van der Waals surface area contributed by atoms with E-state index in [1.54, 1.807) is 6.33 Å². The Bertz CT molecular complexity index is 810. The van der Waals surface area contributed by atoms with Gasteiger partial charge in [-0.2, -0.15) is 0 Å². The lowest BCUT2D eigenvalue weighted by atomic mass is 9.93. The Morgan fingerprint density at radius 1 is 1.24 bits per heavy atom. The number of pyridine rings is 1. The second kappa shape index (κ2) is 5.15. The number of nitrogens with one attached hydrogen (secondary N) is 1. The zero-order valence-corrected chi connectivity index (χ0v) is 12.8. The fraction of sp³-hybridized carbons (Fsp3) is 0.400. The van der Waals surface area contributed by atoms with Crippen molar-refractivity contribution >= 4 is 40.4 Å². The van der Waals surface area contributed by atoms with Crippen molar-refractivity contribution in [3.63, 3.8) is 0 Å². The number of fused-ring (bicyclic) bond motifs is 3. The van der Waals surface area contributed by atoms with E-state index < -0.39 is 0 Å². The van der Waals surface area contributed by atoms with E-state index in [0.717, 1.165) is 33.6 Å². The number of hydrogen-bond acceptors (Lipinski definition) is 5. The summed E-state index contributed by atoms with van der Waals surface area (Å²) in [6.45, 7) is 4.03. The second-order valence-electron chi connectivity index (χ2n) is 5.53. The zero-order chi connectivity index (χ0) is 13.7. The minimum atomic E-state index is 0. The molecular weight excluding hydrogens is 288 g/mol. The molecule has 0 spiro atoms. The molecular formula is C15H17ClN4O. The van der Waals surface area contributed by atoms with Crippen molar-refractivity contribution in [1.82, 2.24) is 15.0 Å². The van der Waals surface area contributed by atoms with Crippen LogP contribution in [0.25, 0.3) is 22.2 Å². The summed E-state index contributed by atoms with van der Waals surface area (Å²) in [7, 11) is 0. The summed E-state index contributed by atoms with van der Waals surface area (Å²) >= 11 is 0. The first-order chi connectivity index (χ1) is 9.72. The third kappa shape index (κ3) is 2.21. The Hall–Kier alpha value is -1.88. The van der Waals surface area contributed by atoms with Gasteiger partial charge in [-0.15, -0.1) is 12.4 Å². The molecule has 1 N–H and O–H groups in total. The number of anilines is 1. The van der Waals surface area contributed by atoms with Gasteiger partial charge in [-0.1, -0.05) is 0 Å². The van der Waals surface area contributed by atoms with Gasteiger partial charge in [0.05, 0.1) is 5.39 Å². The lowest BCUT2D eigenvalue weighted by Gasteiger charge is -2.26. The highest BCUT2D eigenvalue weighted by Crippen LogP contribution is 2.33. The summed E-state index contributed by atoms with van der Waals surface area (Å²) < 4.78 is 5.92. The predicted molar refractivity (Wildman–Crippen MR) is 85.1 cm³/mol. The SMILES string of the molecule is Cc1cc(C)c2c(n1)oc1c(NC3CCC3)ncnc12.Cl. The van der Waals surface area contributed by atoms with E-state index in [4.69, 9.17) is 4.42 Å². The fourth-order valence-corrected chi connectivity index (χ4v) is 2.76. The number of halogens is 1. The van der Waals surface area contributed by atoms with E-state index in [0.29, 0.717) is 11.8 Å². The van der Waals surface area contributed by atoms with Crippen molar-refractivity contribution in [3.8, 4) is 0 Å². The van der Waals surface area contributed by atoms with Crippen LogP contribution in [0, 0.1) is 13.8 Å². The molecule has 110 valence electrons. The highest BCUT2D eigenvalue weighted by molar-refractivity contribution is 6.05. The molecule has 0 saturated heterocycles. The average Bonchev–Trinajstić information content (AvgIpc) is 2.72. The van der Waals surface area contributed by atoms with E-state index >= 15 is 0 Å². The van der Waals surface area contributed by atoms with Gasteiger partial charge in [-0.25, -0.2) is 15.0 Å². The van der Waals surface area contributed by atoms with E-state index in [9.17, 15) is 0 Å². The molecule has 0 unspecified atom stereocenters. The van der Waals surface area contributed by atoms with Crippen LogP contribution >= 0.6 is 12.4 Å². The largest absolute Gasteiger partial charge is 0.432 e. The van der Waals surface area contributed by atoms with Crippen LogP contribution < -0.4 is 5.32 Å². The highest BCUT2D eigenvalue weighted by atomic mass is 35.5. The first-order valence-electron chi connectivity index (χ1n) is 7.00. The molecule has 1 fully saturated rings. The van der Waals surface area contributed by atoms with Gasteiger partial charge in [0.1, 0.15) is 11.8 Å². The summed E-state index contributed by atoms with van der Waals surface area (Å²) in [6, 6.07) is 2.57. The lowest BCUT2D eigenvalue weighted by molar-refractivity contribution is 0.444. The molecule has 3 aromatic heterocycles. The number of rotatable bonds is 2. The molecule has 0 radical (unpaired) electrons. The zero-order valence-electron chi connectivity index (χ0n) is 12.0.